The molecule has 0 aromatic carbocycles. The summed E-state index contributed by atoms with van der Waals surface area (Å²) in [4.78, 5) is 11.4. The monoisotopic (exact) mass is 186 g/mol. The van der Waals surface area contributed by atoms with E-state index in [9.17, 15) is 4.79 Å². The van der Waals surface area contributed by atoms with Crippen LogP contribution in [0.1, 0.15) is 26.7 Å². The highest BCUT2D eigenvalue weighted by Gasteiger charge is 2.34. The second-order valence-corrected chi connectivity index (χ2v) is 3.71. The number of carbonyl (C=O) groups excluding carboxylic acids is 1. The van der Waals surface area contributed by atoms with Gasteiger partial charge >= 0.3 is 0 Å². The van der Waals surface area contributed by atoms with Gasteiger partial charge in [-0.15, -0.1) is 0 Å². The third-order valence-electron chi connectivity index (χ3n) is 2.58. The minimum atomic E-state index is -0.441. The first kappa shape index (κ1) is 10.5. The molecule has 4 nitrogen and oxygen atoms in total. The van der Waals surface area contributed by atoms with E-state index in [0.717, 1.165) is 19.4 Å². The second-order valence-electron chi connectivity index (χ2n) is 3.71. The average molecular weight is 186 g/mol. The first-order chi connectivity index (χ1) is 6.09. The lowest BCUT2D eigenvalue weighted by Gasteiger charge is -2.28. The van der Waals surface area contributed by atoms with Crippen LogP contribution in [0.5, 0.6) is 0 Å². The number of nitrogens with one attached hydrogen (secondary N) is 1. The Morgan fingerprint density at radius 2 is 2.46 bits per heavy atom. The first-order valence-corrected chi connectivity index (χ1v) is 4.75. The third-order valence-corrected chi connectivity index (χ3v) is 2.58. The van der Waals surface area contributed by atoms with Crippen LogP contribution < -0.4 is 11.1 Å². The molecule has 1 amide bonds. The van der Waals surface area contributed by atoms with Crippen LogP contribution in [0.4, 0.5) is 0 Å². The Kier molecular flexibility index (Phi) is 3.27. The molecule has 1 saturated heterocycles. The van der Waals surface area contributed by atoms with E-state index >= 15 is 0 Å². The van der Waals surface area contributed by atoms with Crippen LogP contribution in [0.3, 0.4) is 0 Å². The molecule has 0 aromatic rings. The van der Waals surface area contributed by atoms with Crippen LogP contribution in [-0.2, 0) is 9.53 Å². The Hall–Kier alpha value is -0.610. The number of amides is 1. The van der Waals surface area contributed by atoms with Crippen molar-refractivity contribution in [1.29, 1.82) is 0 Å². The van der Waals surface area contributed by atoms with Gasteiger partial charge in [0.2, 0.25) is 5.91 Å². The van der Waals surface area contributed by atoms with E-state index in [4.69, 9.17) is 10.5 Å². The van der Waals surface area contributed by atoms with Gasteiger partial charge in [0.05, 0.1) is 18.2 Å². The number of rotatable bonds is 3. The molecule has 1 aliphatic heterocycles. The topological polar surface area (TPSA) is 64.4 Å². The third kappa shape index (κ3) is 2.42. The lowest BCUT2D eigenvalue weighted by molar-refractivity contribution is -0.124. The molecule has 0 bridgehead atoms. The summed E-state index contributed by atoms with van der Waals surface area (Å²) in [6, 6.07) is -0.441. The SMILES string of the molecule is CCC1(NC(=O)[C@@H](C)N)CCOC1. The summed E-state index contributed by atoms with van der Waals surface area (Å²) in [6.07, 6.45) is 1.79. The van der Waals surface area contributed by atoms with E-state index in [1.807, 2.05) is 0 Å². The molecule has 3 N–H and O–H groups in total. The van der Waals surface area contributed by atoms with Gasteiger partial charge in [-0.05, 0) is 19.8 Å². The van der Waals surface area contributed by atoms with Crippen molar-refractivity contribution in [2.45, 2.75) is 38.3 Å². The molecule has 0 aromatic heterocycles. The van der Waals surface area contributed by atoms with Gasteiger partial charge in [0.1, 0.15) is 0 Å². The van der Waals surface area contributed by atoms with Crippen molar-refractivity contribution in [3.63, 3.8) is 0 Å². The fourth-order valence-corrected chi connectivity index (χ4v) is 1.45. The van der Waals surface area contributed by atoms with Crippen LogP contribution in [0, 0.1) is 0 Å². The standard InChI is InChI=1S/C9H18N2O2/c1-3-9(4-5-13-6-9)11-8(12)7(2)10/h7H,3-6,10H2,1-2H3,(H,11,12)/t7-,9?/m1/s1. The maximum Gasteiger partial charge on any atom is 0.237 e. The summed E-state index contributed by atoms with van der Waals surface area (Å²) in [5, 5.41) is 2.95. The molecule has 0 saturated carbocycles. The molecule has 1 unspecified atom stereocenters. The van der Waals surface area contributed by atoms with Crippen LogP contribution in [-0.4, -0.2) is 30.7 Å². The average Bonchev–Trinajstić information content (AvgIpc) is 2.54. The highest BCUT2D eigenvalue weighted by Crippen LogP contribution is 2.21. The quantitative estimate of drug-likeness (QED) is 0.653. The van der Waals surface area contributed by atoms with Crippen molar-refractivity contribution < 1.29 is 9.53 Å². The van der Waals surface area contributed by atoms with Crippen LogP contribution in [0.25, 0.3) is 0 Å². The van der Waals surface area contributed by atoms with E-state index in [-0.39, 0.29) is 11.4 Å². The number of hydrogen-bond donors (Lipinski definition) is 2. The van der Waals surface area contributed by atoms with Crippen molar-refractivity contribution in [2.75, 3.05) is 13.2 Å². The fraction of sp³-hybridized carbons (Fsp3) is 0.889. The van der Waals surface area contributed by atoms with Crippen molar-refractivity contribution in [3.8, 4) is 0 Å². The van der Waals surface area contributed by atoms with E-state index in [2.05, 4.69) is 12.2 Å². The summed E-state index contributed by atoms with van der Waals surface area (Å²) in [5.74, 6) is -0.0904. The minimum Gasteiger partial charge on any atom is -0.379 e. The van der Waals surface area contributed by atoms with Gasteiger partial charge in [0.25, 0.3) is 0 Å². The number of carbonyl (C=O) groups is 1. The van der Waals surface area contributed by atoms with Gasteiger partial charge in [-0.2, -0.15) is 0 Å². The van der Waals surface area contributed by atoms with Gasteiger partial charge in [-0.25, -0.2) is 0 Å². The molecule has 1 aliphatic rings. The first-order valence-electron chi connectivity index (χ1n) is 4.75. The summed E-state index contributed by atoms with van der Waals surface area (Å²) in [6.45, 7) is 5.08. The maximum absolute atomic E-state index is 11.4. The van der Waals surface area contributed by atoms with Gasteiger partial charge in [0.15, 0.2) is 0 Å². The van der Waals surface area contributed by atoms with Gasteiger partial charge in [-0.1, -0.05) is 6.92 Å². The largest absolute Gasteiger partial charge is 0.379 e. The number of nitrogens with two attached hydrogens (primary N) is 1. The van der Waals surface area contributed by atoms with Crippen LogP contribution >= 0.6 is 0 Å². The molecular formula is C9H18N2O2. The summed E-state index contributed by atoms with van der Waals surface area (Å²) < 4.78 is 5.28. The Morgan fingerprint density at radius 3 is 2.85 bits per heavy atom. The zero-order valence-corrected chi connectivity index (χ0v) is 8.30. The van der Waals surface area contributed by atoms with E-state index in [0.29, 0.717) is 6.61 Å². The molecule has 13 heavy (non-hydrogen) atoms. The van der Waals surface area contributed by atoms with Crippen molar-refractivity contribution in [3.05, 3.63) is 0 Å². The molecule has 1 fully saturated rings. The van der Waals surface area contributed by atoms with Gasteiger partial charge in [-0.3, -0.25) is 4.79 Å². The zero-order chi connectivity index (χ0) is 9.90. The van der Waals surface area contributed by atoms with E-state index in [1.54, 1.807) is 6.92 Å². The van der Waals surface area contributed by atoms with Crippen LogP contribution in [0.15, 0.2) is 0 Å². The van der Waals surface area contributed by atoms with Crippen molar-refractivity contribution in [1.82, 2.24) is 5.32 Å². The summed E-state index contributed by atoms with van der Waals surface area (Å²) in [7, 11) is 0. The van der Waals surface area contributed by atoms with Crippen LogP contribution in [0.2, 0.25) is 0 Å². The van der Waals surface area contributed by atoms with Gasteiger partial charge in [0, 0.05) is 6.61 Å². The minimum absolute atomic E-state index is 0.0904. The predicted molar refractivity (Wildman–Crippen MR) is 50.3 cm³/mol. The molecule has 0 spiro atoms. The smallest absolute Gasteiger partial charge is 0.237 e. The molecule has 76 valence electrons. The van der Waals surface area contributed by atoms with E-state index in [1.165, 1.54) is 0 Å². The highest BCUT2D eigenvalue weighted by atomic mass is 16.5. The predicted octanol–water partition coefficient (Wildman–Crippen LogP) is 0.0189. The Balaban J connectivity index is 2.53. The lowest BCUT2D eigenvalue weighted by atomic mass is 9.95. The van der Waals surface area contributed by atoms with E-state index < -0.39 is 6.04 Å². The molecule has 0 radical (unpaired) electrons. The summed E-state index contributed by atoms with van der Waals surface area (Å²) in [5.41, 5.74) is 5.31. The molecule has 4 heteroatoms. The normalized spacial score (nSPS) is 30.1. The molecule has 1 rings (SSSR count). The highest BCUT2D eigenvalue weighted by molar-refractivity contribution is 5.81. The van der Waals surface area contributed by atoms with Crippen molar-refractivity contribution >= 4 is 5.91 Å². The zero-order valence-electron chi connectivity index (χ0n) is 8.30. The Bertz CT molecular complexity index is 186. The van der Waals surface area contributed by atoms with Gasteiger partial charge < -0.3 is 15.8 Å². The maximum atomic E-state index is 11.4. The molecule has 1 heterocycles. The summed E-state index contributed by atoms with van der Waals surface area (Å²) >= 11 is 0. The van der Waals surface area contributed by atoms with Crippen molar-refractivity contribution in [2.24, 2.45) is 5.73 Å². The second kappa shape index (κ2) is 4.07. The molecule has 0 aliphatic carbocycles. The molecule has 2 atom stereocenters. The number of hydrogen-bond acceptors (Lipinski definition) is 3. The Morgan fingerprint density at radius 1 is 1.77 bits per heavy atom. The molecular weight excluding hydrogens is 168 g/mol. The fourth-order valence-electron chi connectivity index (χ4n) is 1.45. The number of ether oxygens (including phenoxy) is 1. The lowest BCUT2D eigenvalue weighted by Crippen LogP contribution is -2.53. The Labute approximate surface area is 78.8 Å².